The van der Waals surface area contributed by atoms with E-state index in [-0.39, 0.29) is 11.6 Å². The van der Waals surface area contributed by atoms with Gasteiger partial charge in [0.05, 0.1) is 11.6 Å². The predicted molar refractivity (Wildman–Crippen MR) is 84.5 cm³/mol. The lowest BCUT2D eigenvalue weighted by atomic mass is 10.2. The molecule has 1 aromatic carbocycles. The molecule has 1 aromatic heterocycles. The fourth-order valence-corrected chi connectivity index (χ4v) is 1.71. The first-order valence-corrected chi connectivity index (χ1v) is 7.04. The predicted octanol–water partition coefficient (Wildman–Crippen LogP) is 2.81. The van der Waals surface area contributed by atoms with Crippen molar-refractivity contribution in [3.63, 3.8) is 0 Å². The van der Waals surface area contributed by atoms with Crippen LogP contribution in [0.3, 0.4) is 0 Å². The molecule has 1 heterocycles. The summed E-state index contributed by atoms with van der Waals surface area (Å²) in [4.78, 5) is 12.1. The van der Waals surface area contributed by atoms with Crippen LogP contribution in [0.15, 0.2) is 36.4 Å². The number of hydrogen-bond donors (Lipinski definition) is 2. The molecule has 1 atom stereocenters. The summed E-state index contributed by atoms with van der Waals surface area (Å²) in [6.45, 7) is 4.12. The molecule has 22 heavy (non-hydrogen) atoms. The number of carbonyl (C=O) groups is 1. The largest absolute Gasteiger partial charge is 0.366 e. The first-order valence-electron chi connectivity index (χ1n) is 7.04. The number of benzene rings is 1. The summed E-state index contributed by atoms with van der Waals surface area (Å²) in [7, 11) is 0. The number of rotatable bonds is 5. The fraction of sp³-hybridized carbons (Fsp3) is 0.250. The van der Waals surface area contributed by atoms with Gasteiger partial charge in [0, 0.05) is 11.7 Å². The Morgan fingerprint density at radius 1 is 1.23 bits per heavy atom. The molecule has 2 rings (SSSR count). The normalized spacial score (nSPS) is 11.3. The van der Waals surface area contributed by atoms with Crippen molar-refractivity contribution >= 4 is 17.4 Å². The van der Waals surface area contributed by atoms with E-state index in [1.807, 2.05) is 13.0 Å². The second kappa shape index (κ2) is 7.18. The minimum atomic E-state index is -0.340. The van der Waals surface area contributed by atoms with Crippen molar-refractivity contribution in [3.05, 3.63) is 47.7 Å². The van der Waals surface area contributed by atoms with Crippen LogP contribution >= 0.6 is 0 Å². The van der Waals surface area contributed by atoms with Crippen molar-refractivity contribution in [2.45, 2.75) is 26.3 Å². The average Bonchev–Trinajstić information content (AvgIpc) is 2.56. The second-order valence-corrected chi connectivity index (χ2v) is 4.90. The number of amides is 1. The summed E-state index contributed by atoms with van der Waals surface area (Å²) in [5, 5.41) is 22.5. The van der Waals surface area contributed by atoms with E-state index in [9.17, 15) is 4.79 Å². The van der Waals surface area contributed by atoms with Crippen LogP contribution in [0.1, 0.15) is 36.3 Å². The quantitative estimate of drug-likeness (QED) is 0.885. The van der Waals surface area contributed by atoms with E-state index < -0.39 is 0 Å². The zero-order chi connectivity index (χ0) is 15.9. The van der Waals surface area contributed by atoms with Crippen molar-refractivity contribution in [2.75, 3.05) is 10.6 Å². The summed E-state index contributed by atoms with van der Waals surface area (Å²) in [5.74, 6) is 0.302. The van der Waals surface area contributed by atoms with Gasteiger partial charge in [0.2, 0.25) is 0 Å². The number of nitriles is 1. The molecule has 0 saturated heterocycles. The maximum atomic E-state index is 12.1. The number of aromatic nitrogens is 2. The van der Waals surface area contributed by atoms with Crippen molar-refractivity contribution in [2.24, 2.45) is 0 Å². The third kappa shape index (κ3) is 4.03. The Bertz CT molecular complexity index is 673. The Balaban J connectivity index is 2.01. The van der Waals surface area contributed by atoms with Gasteiger partial charge in [0.25, 0.3) is 5.91 Å². The zero-order valence-corrected chi connectivity index (χ0v) is 12.5. The second-order valence-electron chi connectivity index (χ2n) is 4.90. The van der Waals surface area contributed by atoms with Crippen molar-refractivity contribution in [3.8, 4) is 6.07 Å². The molecule has 0 spiro atoms. The van der Waals surface area contributed by atoms with Crippen molar-refractivity contribution in [1.82, 2.24) is 10.2 Å². The van der Waals surface area contributed by atoms with Crippen LogP contribution in [-0.4, -0.2) is 22.1 Å². The molecule has 0 fully saturated rings. The lowest BCUT2D eigenvalue weighted by molar-refractivity contribution is 0.102. The maximum absolute atomic E-state index is 12.1. The van der Waals surface area contributed by atoms with Crippen LogP contribution in [0.25, 0.3) is 0 Å². The first-order chi connectivity index (χ1) is 10.6. The van der Waals surface area contributed by atoms with Crippen molar-refractivity contribution in [1.29, 1.82) is 5.26 Å². The maximum Gasteiger partial charge on any atom is 0.276 e. The minimum Gasteiger partial charge on any atom is -0.366 e. The monoisotopic (exact) mass is 295 g/mol. The van der Waals surface area contributed by atoms with Crippen LogP contribution in [0.4, 0.5) is 11.5 Å². The molecule has 6 nitrogen and oxygen atoms in total. The highest BCUT2D eigenvalue weighted by molar-refractivity contribution is 6.02. The van der Waals surface area contributed by atoms with Crippen LogP contribution in [0.5, 0.6) is 0 Å². The van der Waals surface area contributed by atoms with E-state index in [0.29, 0.717) is 23.1 Å². The van der Waals surface area contributed by atoms with E-state index in [2.05, 4.69) is 27.8 Å². The Labute approximate surface area is 129 Å². The Hall–Kier alpha value is -2.94. The number of nitrogens with zero attached hydrogens (tertiary/aromatic N) is 3. The third-order valence-electron chi connectivity index (χ3n) is 3.18. The number of carbonyl (C=O) groups excluding carboxylic acids is 1. The van der Waals surface area contributed by atoms with Crippen molar-refractivity contribution < 1.29 is 4.79 Å². The minimum absolute atomic E-state index is 0.235. The van der Waals surface area contributed by atoms with Gasteiger partial charge in [0.1, 0.15) is 5.82 Å². The van der Waals surface area contributed by atoms with Gasteiger partial charge in [-0.15, -0.1) is 10.2 Å². The van der Waals surface area contributed by atoms with Crippen LogP contribution in [0, 0.1) is 11.3 Å². The summed E-state index contributed by atoms with van der Waals surface area (Å²) in [6, 6.07) is 12.3. The molecule has 0 radical (unpaired) electrons. The van der Waals surface area contributed by atoms with Gasteiger partial charge < -0.3 is 10.6 Å². The molecule has 0 aliphatic heterocycles. The molecule has 0 aliphatic rings. The zero-order valence-electron chi connectivity index (χ0n) is 12.5. The topological polar surface area (TPSA) is 90.7 Å². The van der Waals surface area contributed by atoms with E-state index in [4.69, 9.17) is 5.26 Å². The van der Waals surface area contributed by atoms with Gasteiger partial charge in [0.15, 0.2) is 5.69 Å². The summed E-state index contributed by atoms with van der Waals surface area (Å²) in [5.41, 5.74) is 1.38. The molecule has 0 aliphatic carbocycles. The number of anilines is 2. The summed E-state index contributed by atoms with van der Waals surface area (Å²) < 4.78 is 0. The van der Waals surface area contributed by atoms with Gasteiger partial charge in [-0.2, -0.15) is 5.26 Å². The molecular formula is C16H17N5O. The van der Waals surface area contributed by atoms with Gasteiger partial charge in [-0.25, -0.2) is 0 Å². The Morgan fingerprint density at radius 2 is 1.95 bits per heavy atom. The number of nitrogens with one attached hydrogen (secondary N) is 2. The summed E-state index contributed by atoms with van der Waals surface area (Å²) in [6.07, 6.45) is 0.975. The molecule has 1 amide bonds. The SMILES string of the molecule is CCC(C)Nc1ccc(C(=O)Nc2ccc(C#N)cc2)nn1. The molecule has 0 bridgehead atoms. The van der Waals surface area contributed by atoms with Gasteiger partial charge >= 0.3 is 0 Å². The molecule has 2 N–H and O–H groups in total. The molecule has 6 heteroatoms. The molecule has 112 valence electrons. The van der Waals surface area contributed by atoms with E-state index >= 15 is 0 Å². The fourth-order valence-electron chi connectivity index (χ4n) is 1.71. The lowest BCUT2D eigenvalue weighted by Crippen LogP contribution is -2.17. The smallest absolute Gasteiger partial charge is 0.276 e. The highest BCUT2D eigenvalue weighted by atomic mass is 16.1. The van der Waals surface area contributed by atoms with Gasteiger partial charge in [-0.05, 0) is 49.7 Å². The highest BCUT2D eigenvalue weighted by Crippen LogP contribution is 2.11. The highest BCUT2D eigenvalue weighted by Gasteiger charge is 2.09. The van der Waals surface area contributed by atoms with Crippen LogP contribution in [-0.2, 0) is 0 Å². The van der Waals surface area contributed by atoms with Crippen LogP contribution in [0.2, 0.25) is 0 Å². The third-order valence-corrected chi connectivity index (χ3v) is 3.18. The van der Waals surface area contributed by atoms with Gasteiger partial charge in [-0.3, -0.25) is 4.79 Å². The Kier molecular flexibility index (Phi) is 5.04. The molecule has 1 unspecified atom stereocenters. The van der Waals surface area contributed by atoms with Gasteiger partial charge in [-0.1, -0.05) is 6.92 Å². The number of hydrogen-bond acceptors (Lipinski definition) is 5. The first kappa shape index (κ1) is 15.4. The van der Waals surface area contributed by atoms with E-state index in [1.165, 1.54) is 0 Å². The molecular weight excluding hydrogens is 278 g/mol. The van der Waals surface area contributed by atoms with Crippen LogP contribution < -0.4 is 10.6 Å². The lowest BCUT2D eigenvalue weighted by Gasteiger charge is -2.11. The molecule has 2 aromatic rings. The summed E-state index contributed by atoms with van der Waals surface area (Å²) >= 11 is 0. The van der Waals surface area contributed by atoms with E-state index in [0.717, 1.165) is 6.42 Å². The Morgan fingerprint density at radius 3 is 2.50 bits per heavy atom. The average molecular weight is 295 g/mol. The molecule has 0 saturated carbocycles. The standard InChI is InChI=1S/C16H17N5O/c1-3-11(2)18-15-9-8-14(20-21-15)16(22)19-13-6-4-12(10-17)5-7-13/h4-9,11H,3H2,1-2H3,(H,18,21)(H,19,22). The van der Waals surface area contributed by atoms with E-state index in [1.54, 1.807) is 36.4 Å².